The van der Waals surface area contributed by atoms with Crippen molar-refractivity contribution in [2.24, 2.45) is 0 Å². The van der Waals surface area contributed by atoms with E-state index in [0.717, 1.165) is 16.9 Å². The summed E-state index contributed by atoms with van der Waals surface area (Å²) in [5.41, 5.74) is 1.70. The first-order valence-corrected chi connectivity index (χ1v) is 7.84. The lowest BCUT2D eigenvalue weighted by Crippen LogP contribution is -2.51. The lowest BCUT2D eigenvalue weighted by atomic mass is 9.75. The predicted molar refractivity (Wildman–Crippen MR) is 85.7 cm³/mol. The maximum Gasteiger partial charge on any atom is 0.0271 e. The molecular weight excluding hydrogens is 300 g/mol. The molecule has 0 unspecified atom stereocenters. The van der Waals surface area contributed by atoms with E-state index in [-0.39, 0.29) is 5.54 Å². The van der Waals surface area contributed by atoms with E-state index in [1.165, 1.54) is 18.4 Å². The summed E-state index contributed by atoms with van der Waals surface area (Å²) in [5.74, 6) is 0.744. The van der Waals surface area contributed by atoms with Crippen molar-refractivity contribution in [2.75, 3.05) is 20.6 Å². The monoisotopic (exact) mass is 324 g/mol. The lowest BCUT2D eigenvalue weighted by molar-refractivity contribution is 0.168. The van der Waals surface area contributed by atoms with Gasteiger partial charge in [-0.1, -0.05) is 28.1 Å². The second kappa shape index (κ2) is 5.94. The van der Waals surface area contributed by atoms with Crippen LogP contribution in [0.2, 0.25) is 0 Å². The van der Waals surface area contributed by atoms with Crippen LogP contribution >= 0.6 is 15.9 Å². The molecule has 1 aliphatic carbocycles. The number of halogens is 1. The Balaban J connectivity index is 1.76. The van der Waals surface area contributed by atoms with Crippen LogP contribution in [-0.2, 0) is 0 Å². The van der Waals surface area contributed by atoms with Crippen LogP contribution < -0.4 is 5.32 Å². The molecule has 0 aromatic heterocycles. The molecule has 0 saturated heterocycles. The Hall–Kier alpha value is -0.380. The van der Waals surface area contributed by atoms with Gasteiger partial charge in [-0.25, -0.2) is 0 Å². The number of hydrogen-bond donors (Lipinski definition) is 1. The fourth-order valence-corrected chi connectivity index (χ4v) is 2.61. The van der Waals surface area contributed by atoms with E-state index in [4.69, 9.17) is 0 Å². The Morgan fingerprint density at radius 2 is 1.79 bits per heavy atom. The van der Waals surface area contributed by atoms with Crippen molar-refractivity contribution in [3.8, 4) is 0 Å². The maximum absolute atomic E-state index is 3.70. The standard InChI is InChI=1S/C16H25BrN2/c1-16(2,19(3)4)11-18-15-9-13(10-15)12-5-7-14(17)8-6-12/h5-8,13,15,18H,9-11H2,1-4H3. The summed E-state index contributed by atoms with van der Waals surface area (Å²) < 4.78 is 1.16. The third-order valence-electron chi connectivity index (χ3n) is 4.51. The molecule has 1 aromatic rings. The maximum atomic E-state index is 3.70. The van der Waals surface area contributed by atoms with Crippen molar-refractivity contribution in [1.29, 1.82) is 0 Å². The molecular formula is C16H25BrN2. The van der Waals surface area contributed by atoms with Gasteiger partial charge in [-0.15, -0.1) is 0 Å². The van der Waals surface area contributed by atoms with E-state index >= 15 is 0 Å². The summed E-state index contributed by atoms with van der Waals surface area (Å²) in [7, 11) is 4.29. The minimum absolute atomic E-state index is 0.225. The number of rotatable bonds is 5. The Morgan fingerprint density at radius 1 is 1.21 bits per heavy atom. The Labute approximate surface area is 125 Å². The van der Waals surface area contributed by atoms with Crippen LogP contribution in [0.5, 0.6) is 0 Å². The largest absolute Gasteiger partial charge is 0.312 e. The number of nitrogens with zero attached hydrogens (tertiary/aromatic N) is 1. The van der Waals surface area contributed by atoms with E-state index in [2.05, 4.69) is 78.4 Å². The highest BCUT2D eigenvalue weighted by Gasteiger charge is 2.31. The first-order valence-electron chi connectivity index (χ1n) is 7.05. The summed E-state index contributed by atoms with van der Waals surface area (Å²) in [4.78, 5) is 2.28. The highest BCUT2D eigenvalue weighted by molar-refractivity contribution is 9.10. The first-order chi connectivity index (χ1) is 8.88. The van der Waals surface area contributed by atoms with Gasteiger partial charge in [-0.05, 0) is 64.4 Å². The first kappa shape index (κ1) is 15.0. The average molecular weight is 325 g/mol. The van der Waals surface area contributed by atoms with Crippen molar-refractivity contribution >= 4 is 15.9 Å². The molecule has 1 aliphatic rings. The van der Waals surface area contributed by atoms with Crippen LogP contribution in [0.15, 0.2) is 28.7 Å². The molecule has 3 heteroatoms. The summed E-state index contributed by atoms with van der Waals surface area (Å²) in [5, 5.41) is 3.70. The van der Waals surface area contributed by atoms with E-state index in [0.29, 0.717) is 6.04 Å². The van der Waals surface area contributed by atoms with Gasteiger partial charge in [0.2, 0.25) is 0 Å². The van der Waals surface area contributed by atoms with Crippen molar-refractivity contribution in [3.05, 3.63) is 34.3 Å². The van der Waals surface area contributed by atoms with Gasteiger partial charge in [0.05, 0.1) is 0 Å². The average Bonchev–Trinajstić information content (AvgIpc) is 2.29. The fraction of sp³-hybridized carbons (Fsp3) is 0.625. The molecule has 1 saturated carbocycles. The fourth-order valence-electron chi connectivity index (χ4n) is 2.34. The van der Waals surface area contributed by atoms with Gasteiger partial charge in [0, 0.05) is 22.6 Å². The van der Waals surface area contributed by atoms with Crippen LogP contribution in [0, 0.1) is 0 Å². The van der Waals surface area contributed by atoms with Crippen LogP contribution in [0.4, 0.5) is 0 Å². The van der Waals surface area contributed by atoms with E-state index in [1.807, 2.05) is 0 Å². The van der Waals surface area contributed by atoms with Gasteiger partial charge < -0.3 is 10.2 Å². The smallest absolute Gasteiger partial charge is 0.0271 e. The molecule has 1 fully saturated rings. The molecule has 0 heterocycles. The van der Waals surface area contributed by atoms with Crippen LogP contribution in [0.3, 0.4) is 0 Å². The quantitative estimate of drug-likeness (QED) is 0.889. The van der Waals surface area contributed by atoms with Crippen molar-refractivity contribution in [3.63, 3.8) is 0 Å². The Kier molecular flexibility index (Phi) is 4.70. The molecule has 1 aromatic carbocycles. The number of likely N-dealkylation sites (N-methyl/N-ethyl adjacent to an activating group) is 1. The third kappa shape index (κ3) is 3.80. The van der Waals surface area contributed by atoms with Gasteiger partial charge in [0.25, 0.3) is 0 Å². The predicted octanol–water partition coefficient (Wildman–Crippen LogP) is 3.62. The normalized spacial score (nSPS) is 23.5. The molecule has 19 heavy (non-hydrogen) atoms. The molecule has 2 nitrogen and oxygen atoms in total. The summed E-state index contributed by atoms with van der Waals surface area (Å²) >= 11 is 3.49. The molecule has 0 bridgehead atoms. The zero-order chi connectivity index (χ0) is 14.0. The number of nitrogens with one attached hydrogen (secondary N) is 1. The number of hydrogen-bond acceptors (Lipinski definition) is 2. The topological polar surface area (TPSA) is 15.3 Å². The van der Waals surface area contributed by atoms with Crippen molar-refractivity contribution < 1.29 is 0 Å². The van der Waals surface area contributed by atoms with Gasteiger partial charge in [0.1, 0.15) is 0 Å². The van der Waals surface area contributed by atoms with Crippen LogP contribution in [-0.4, -0.2) is 37.1 Å². The van der Waals surface area contributed by atoms with Crippen LogP contribution in [0.25, 0.3) is 0 Å². The minimum atomic E-state index is 0.225. The molecule has 0 aliphatic heterocycles. The molecule has 2 rings (SSSR count). The Bertz CT molecular complexity index is 405. The second-order valence-corrected chi connectivity index (χ2v) is 7.42. The molecule has 1 N–H and O–H groups in total. The molecule has 0 atom stereocenters. The molecule has 0 radical (unpaired) electrons. The Morgan fingerprint density at radius 3 is 2.32 bits per heavy atom. The summed E-state index contributed by atoms with van der Waals surface area (Å²) in [6.07, 6.45) is 2.54. The van der Waals surface area contributed by atoms with Gasteiger partial charge in [-0.2, -0.15) is 0 Å². The highest BCUT2D eigenvalue weighted by Crippen LogP contribution is 2.37. The van der Waals surface area contributed by atoms with Crippen molar-refractivity contribution in [2.45, 2.75) is 44.2 Å². The number of benzene rings is 1. The second-order valence-electron chi connectivity index (χ2n) is 6.50. The van der Waals surface area contributed by atoms with Crippen molar-refractivity contribution in [1.82, 2.24) is 10.2 Å². The molecule has 0 amide bonds. The van der Waals surface area contributed by atoms with Gasteiger partial charge in [0.15, 0.2) is 0 Å². The summed E-state index contributed by atoms with van der Waals surface area (Å²) in [6, 6.07) is 9.47. The van der Waals surface area contributed by atoms with Crippen LogP contribution in [0.1, 0.15) is 38.2 Å². The zero-order valence-corrected chi connectivity index (χ0v) is 14.0. The third-order valence-corrected chi connectivity index (χ3v) is 5.04. The van der Waals surface area contributed by atoms with Gasteiger partial charge >= 0.3 is 0 Å². The van der Waals surface area contributed by atoms with Gasteiger partial charge in [-0.3, -0.25) is 0 Å². The zero-order valence-electron chi connectivity index (χ0n) is 12.4. The minimum Gasteiger partial charge on any atom is -0.312 e. The van der Waals surface area contributed by atoms with E-state index in [1.54, 1.807) is 0 Å². The lowest BCUT2D eigenvalue weighted by Gasteiger charge is -2.40. The molecule has 0 spiro atoms. The summed E-state index contributed by atoms with van der Waals surface area (Å²) in [6.45, 7) is 5.62. The van der Waals surface area contributed by atoms with E-state index in [9.17, 15) is 0 Å². The highest BCUT2D eigenvalue weighted by atomic mass is 79.9. The molecule has 106 valence electrons. The SMILES string of the molecule is CN(C)C(C)(C)CNC1CC(c2ccc(Br)cc2)C1. The van der Waals surface area contributed by atoms with E-state index < -0.39 is 0 Å².